The van der Waals surface area contributed by atoms with Gasteiger partial charge in [-0.05, 0) is 79.4 Å². The molecule has 5 nitrogen and oxygen atoms in total. The Bertz CT molecular complexity index is 750. The number of allylic oxidation sites excluding steroid dienone is 4. The van der Waals surface area contributed by atoms with E-state index < -0.39 is 30.7 Å². The predicted molar refractivity (Wildman–Crippen MR) is 109 cm³/mol. The van der Waals surface area contributed by atoms with Gasteiger partial charge in [0.15, 0.2) is 5.78 Å². The van der Waals surface area contributed by atoms with E-state index >= 15 is 0 Å². The molecule has 4 aliphatic carbocycles. The fourth-order valence-electron chi connectivity index (χ4n) is 6.59. The Labute approximate surface area is 173 Å². The number of hydrogen-bond donors (Lipinski definition) is 2. The summed E-state index contributed by atoms with van der Waals surface area (Å²) in [6.45, 7) is 3.61. The molecule has 0 bridgehead atoms. The molecule has 0 saturated heterocycles. The van der Waals surface area contributed by atoms with Crippen molar-refractivity contribution < 1.29 is 24.5 Å². The third-order valence-electron chi connectivity index (χ3n) is 8.18. The van der Waals surface area contributed by atoms with Crippen LogP contribution < -0.4 is 0 Å². The largest absolute Gasteiger partial charge is 0.459 e. The summed E-state index contributed by atoms with van der Waals surface area (Å²) in [6, 6.07) is 0. The third-order valence-corrected chi connectivity index (χ3v) is 8.18. The van der Waals surface area contributed by atoms with E-state index in [2.05, 4.69) is 6.92 Å². The molecule has 0 amide bonds. The zero-order valence-corrected chi connectivity index (χ0v) is 17.7. The van der Waals surface area contributed by atoms with E-state index in [4.69, 9.17) is 4.74 Å². The standard InChI is InChI=1S/C24H34O5/c1-3-22(28)29-23(21(27)13-25)18-12-17-14(11-20(18)26)6-7-16-15(17)8-10-24(2)9-4-5-19(16)24/h11,16,18-19,21,23,25,27H,3-10,12-13H2,1-2H3/t16-,18?,19+,21?,23?,24+/m1/s1. The van der Waals surface area contributed by atoms with Gasteiger partial charge in [0, 0.05) is 6.42 Å². The van der Waals surface area contributed by atoms with Crippen LogP contribution in [0.4, 0.5) is 0 Å². The van der Waals surface area contributed by atoms with Gasteiger partial charge in [-0.1, -0.05) is 25.8 Å². The zero-order chi connectivity index (χ0) is 20.8. The molecule has 2 fully saturated rings. The maximum atomic E-state index is 12.9. The van der Waals surface area contributed by atoms with Gasteiger partial charge in [-0.15, -0.1) is 0 Å². The first kappa shape index (κ1) is 20.8. The lowest BCUT2D eigenvalue weighted by atomic mass is 9.57. The number of aliphatic hydroxyl groups is 2. The fraction of sp³-hybridized carbons (Fsp3) is 0.750. The Kier molecular flexibility index (Phi) is 5.73. The van der Waals surface area contributed by atoms with Gasteiger partial charge in [0.05, 0.1) is 12.5 Å². The lowest BCUT2D eigenvalue weighted by Crippen LogP contribution is -2.45. The van der Waals surface area contributed by atoms with Gasteiger partial charge >= 0.3 is 5.97 Å². The summed E-state index contributed by atoms with van der Waals surface area (Å²) in [5, 5.41) is 19.8. The molecule has 0 aliphatic heterocycles. The van der Waals surface area contributed by atoms with E-state index in [0.717, 1.165) is 30.8 Å². The lowest BCUT2D eigenvalue weighted by Gasteiger charge is -2.48. The summed E-state index contributed by atoms with van der Waals surface area (Å²) in [6.07, 6.45) is 8.51. The summed E-state index contributed by atoms with van der Waals surface area (Å²) in [7, 11) is 0. The maximum absolute atomic E-state index is 12.9. The lowest BCUT2D eigenvalue weighted by molar-refractivity contribution is -0.162. The van der Waals surface area contributed by atoms with Gasteiger partial charge in [-0.25, -0.2) is 0 Å². The normalized spacial score (nSPS) is 35.9. The molecular formula is C24H34O5. The SMILES string of the molecule is CCC(=O)OC(C(O)CO)C1CC2=C3CC[C@]4(C)CCC[C@H]4[C@@H]3CCC2=CC1=O. The molecule has 160 valence electrons. The molecular weight excluding hydrogens is 368 g/mol. The summed E-state index contributed by atoms with van der Waals surface area (Å²) in [5.41, 5.74) is 4.41. The van der Waals surface area contributed by atoms with Crippen LogP contribution in [-0.4, -0.2) is 40.8 Å². The summed E-state index contributed by atoms with van der Waals surface area (Å²) >= 11 is 0. The smallest absolute Gasteiger partial charge is 0.305 e. The van der Waals surface area contributed by atoms with Crippen molar-refractivity contribution in [2.24, 2.45) is 23.2 Å². The molecule has 0 aromatic heterocycles. The molecule has 5 heteroatoms. The van der Waals surface area contributed by atoms with E-state index in [1.54, 1.807) is 13.0 Å². The van der Waals surface area contributed by atoms with E-state index in [9.17, 15) is 19.8 Å². The summed E-state index contributed by atoms with van der Waals surface area (Å²) < 4.78 is 5.44. The second kappa shape index (κ2) is 7.99. The van der Waals surface area contributed by atoms with Crippen LogP contribution in [0.15, 0.2) is 22.8 Å². The highest BCUT2D eigenvalue weighted by Gasteiger charge is 2.49. The monoisotopic (exact) mass is 402 g/mol. The second-order valence-corrected chi connectivity index (χ2v) is 9.74. The molecule has 4 rings (SSSR count). The highest BCUT2D eigenvalue weighted by atomic mass is 16.6. The Morgan fingerprint density at radius 1 is 1.31 bits per heavy atom. The van der Waals surface area contributed by atoms with Crippen molar-refractivity contribution in [3.8, 4) is 0 Å². The number of esters is 1. The molecule has 0 heterocycles. The summed E-state index contributed by atoms with van der Waals surface area (Å²) in [5.74, 6) is 0.189. The van der Waals surface area contributed by atoms with Gasteiger partial charge in [-0.3, -0.25) is 9.59 Å². The molecule has 0 aromatic rings. The molecule has 2 N–H and O–H groups in total. The second-order valence-electron chi connectivity index (χ2n) is 9.74. The van der Waals surface area contributed by atoms with Crippen molar-refractivity contribution in [3.05, 3.63) is 22.8 Å². The number of ether oxygens (including phenoxy) is 1. The molecule has 3 unspecified atom stereocenters. The van der Waals surface area contributed by atoms with E-state index in [1.165, 1.54) is 36.8 Å². The first-order valence-electron chi connectivity index (χ1n) is 11.3. The molecule has 2 saturated carbocycles. The molecule has 0 aromatic carbocycles. The van der Waals surface area contributed by atoms with E-state index in [0.29, 0.717) is 17.8 Å². The van der Waals surface area contributed by atoms with Crippen LogP contribution in [-0.2, 0) is 14.3 Å². The third kappa shape index (κ3) is 3.61. The minimum Gasteiger partial charge on any atom is -0.459 e. The first-order valence-corrected chi connectivity index (χ1v) is 11.3. The number of aliphatic hydroxyl groups excluding tert-OH is 2. The van der Waals surface area contributed by atoms with Crippen molar-refractivity contribution in [2.75, 3.05) is 6.61 Å². The number of rotatable bonds is 5. The predicted octanol–water partition coefficient (Wildman–Crippen LogP) is 3.48. The van der Waals surface area contributed by atoms with Crippen LogP contribution >= 0.6 is 0 Å². The fourth-order valence-corrected chi connectivity index (χ4v) is 6.59. The molecule has 0 spiro atoms. The maximum Gasteiger partial charge on any atom is 0.305 e. The van der Waals surface area contributed by atoms with Crippen LogP contribution in [0.2, 0.25) is 0 Å². The Hall–Kier alpha value is -1.46. The quantitative estimate of drug-likeness (QED) is 0.688. The zero-order valence-electron chi connectivity index (χ0n) is 17.7. The van der Waals surface area contributed by atoms with Crippen molar-refractivity contribution in [3.63, 3.8) is 0 Å². The average Bonchev–Trinajstić information content (AvgIpc) is 3.12. The van der Waals surface area contributed by atoms with Crippen molar-refractivity contribution >= 4 is 11.8 Å². The first-order chi connectivity index (χ1) is 13.9. The van der Waals surface area contributed by atoms with E-state index in [1.807, 2.05) is 0 Å². The average molecular weight is 403 g/mol. The summed E-state index contributed by atoms with van der Waals surface area (Å²) in [4.78, 5) is 24.8. The van der Waals surface area contributed by atoms with Gasteiger partial charge in [-0.2, -0.15) is 0 Å². The van der Waals surface area contributed by atoms with Gasteiger partial charge in [0.2, 0.25) is 0 Å². The Morgan fingerprint density at radius 3 is 2.83 bits per heavy atom. The van der Waals surface area contributed by atoms with Gasteiger partial charge in [0.1, 0.15) is 12.2 Å². The van der Waals surface area contributed by atoms with Crippen LogP contribution in [0.5, 0.6) is 0 Å². The van der Waals surface area contributed by atoms with Crippen molar-refractivity contribution in [1.82, 2.24) is 0 Å². The Morgan fingerprint density at radius 2 is 2.10 bits per heavy atom. The number of ketones is 1. The topological polar surface area (TPSA) is 83.8 Å². The van der Waals surface area contributed by atoms with Gasteiger partial charge in [0.25, 0.3) is 0 Å². The molecule has 4 aliphatic rings. The van der Waals surface area contributed by atoms with Gasteiger partial charge < -0.3 is 14.9 Å². The van der Waals surface area contributed by atoms with Crippen molar-refractivity contribution in [1.29, 1.82) is 0 Å². The minimum absolute atomic E-state index is 0.0919. The number of hydrogen-bond acceptors (Lipinski definition) is 5. The van der Waals surface area contributed by atoms with Crippen LogP contribution in [0.25, 0.3) is 0 Å². The van der Waals surface area contributed by atoms with Crippen molar-refractivity contribution in [2.45, 2.75) is 83.8 Å². The highest BCUT2D eigenvalue weighted by molar-refractivity contribution is 5.95. The van der Waals surface area contributed by atoms with Crippen LogP contribution in [0.1, 0.15) is 71.6 Å². The van der Waals surface area contributed by atoms with E-state index in [-0.39, 0.29) is 12.2 Å². The Balaban J connectivity index is 1.66. The number of fused-ring (bicyclic) bond motifs is 4. The molecule has 0 radical (unpaired) electrons. The highest BCUT2D eigenvalue weighted by Crippen LogP contribution is 2.60. The molecule has 29 heavy (non-hydrogen) atoms. The van der Waals surface area contributed by atoms with Crippen LogP contribution in [0, 0.1) is 23.2 Å². The number of carbonyl (C=O) groups is 2. The molecule has 6 atom stereocenters. The van der Waals surface area contributed by atoms with Crippen LogP contribution in [0.3, 0.4) is 0 Å². The minimum atomic E-state index is -1.25. The number of carbonyl (C=O) groups excluding carboxylic acids is 2.